The molecule has 5 heteroatoms. The number of rotatable bonds is 4. The van der Waals surface area contributed by atoms with Crippen LogP contribution in [0.5, 0.6) is 5.75 Å². The van der Waals surface area contributed by atoms with E-state index in [2.05, 4.69) is 22.4 Å². The van der Waals surface area contributed by atoms with E-state index in [0.29, 0.717) is 19.8 Å². The molecule has 2 aromatic rings. The number of aromatic hydroxyl groups is 1. The standard InChI is InChI=1S/C18H20N2O3/c21-15-8-13(9-19-11-15)10-20-18(22)17-12-23-7-6-16(17)14-4-2-1-3-5-14/h1-5,8-9,11,16-17,21H,6-7,10,12H2,(H,20,22)/t16-,17-/m1/s1. The van der Waals surface area contributed by atoms with Crippen molar-refractivity contribution in [2.24, 2.45) is 5.92 Å². The van der Waals surface area contributed by atoms with E-state index in [9.17, 15) is 9.90 Å². The van der Waals surface area contributed by atoms with Crippen LogP contribution >= 0.6 is 0 Å². The highest BCUT2D eigenvalue weighted by atomic mass is 16.5. The van der Waals surface area contributed by atoms with Crippen molar-refractivity contribution < 1.29 is 14.6 Å². The fraction of sp³-hybridized carbons (Fsp3) is 0.333. The average molecular weight is 312 g/mol. The fourth-order valence-corrected chi connectivity index (χ4v) is 2.99. The van der Waals surface area contributed by atoms with Crippen LogP contribution in [0.4, 0.5) is 0 Å². The minimum absolute atomic E-state index is 0.0260. The molecule has 120 valence electrons. The summed E-state index contributed by atoms with van der Waals surface area (Å²) >= 11 is 0. The van der Waals surface area contributed by atoms with Gasteiger partial charge >= 0.3 is 0 Å². The molecule has 1 aromatic carbocycles. The summed E-state index contributed by atoms with van der Waals surface area (Å²) in [6.45, 7) is 1.46. The first-order valence-electron chi connectivity index (χ1n) is 7.77. The van der Waals surface area contributed by atoms with Crippen molar-refractivity contribution in [1.82, 2.24) is 10.3 Å². The van der Waals surface area contributed by atoms with Gasteiger partial charge in [0.25, 0.3) is 0 Å². The van der Waals surface area contributed by atoms with E-state index in [0.717, 1.165) is 12.0 Å². The zero-order valence-electron chi connectivity index (χ0n) is 12.8. The molecule has 2 heterocycles. The van der Waals surface area contributed by atoms with Crippen molar-refractivity contribution >= 4 is 5.91 Å². The lowest BCUT2D eigenvalue weighted by atomic mass is 9.82. The maximum atomic E-state index is 12.6. The molecular weight excluding hydrogens is 292 g/mol. The maximum Gasteiger partial charge on any atom is 0.226 e. The topological polar surface area (TPSA) is 71.5 Å². The number of pyridine rings is 1. The van der Waals surface area contributed by atoms with E-state index in [-0.39, 0.29) is 23.5 Å². The van der Waals surface area contributed by atoms with Crippen LogP contribution in [-0.2, 0) is 16.1 Å². The number of carbonyl (C=O) groups excluding carboxylic acids is 1. The summed E-state index contributed by atoms with van der Waals surface area (Å²) in [5.74, 6) is 0.0467. The number of aromatic nitrogens is 1. The Balaban J connectivity index is 1.67. The van der Waals surface area contributed by atoms with Gasteiger partial charge in [-0.15, -0.1) is 0 Å². The third-order valence-corrected chi connectivity index (χ3v) is 4.17. The Morgan fingerprint density at radius 2 is 2.13 bits per heavy atom. The van der Waals surface area contributed by atoms with Crippen molar-refractivity contribution in [3.05, 3.63) is 59.9 Å². The lowest BCUT2D eigenvalue weighted by Crippen LogP contribution is -2.39. The highest BCUT2D eigenvalue weighted by Crippen LogP contribution is 2.32. The summed E-state index contributed by atoms with van der Waals surface area (Å²) in [6.07, 6.45) is 3.84. The minimum atomic E-state index is -0.198. The molecule has 1 saturated heterocycles. The predicted octanol–water partition coefficient (Wildman–Crippen LogP) is 2.22. The molecule has 0 saturated carbocycles. The number of ether oxygens (including phenoxy) is 1. The van der Waals surface area contributed by atoms with E-state index in [4.69, 9.17) is 4.74 Å². The van der Waals surface area contributed by atoms with Crippen molar-refractivity contribution in [2.75, 3.05) is 13.2 Å². The molecular formula is C18H20N2O3. The van der Waals surface area contributed by atoms with Gasteiger partial charge in [0.1, 0.15) is 5.75 Å². The molecule has 0 bridgehead atoms. The maximum absolute atomic E-state index is 12.6. The SMILES string of the molecule is O=C(NCc1cncc(O)c1)[C@@H]1COCC[C@@H]1c1ccccc1. The molecule has 0 radical (unpaired) electrons. The monoisotopic (exact) mass is 312 g/mol. The number of nitrogens with zero attached hydrogens (tertiary/aromatic N) is 1. The van der Waals surface area contributed by atoms with Gasteiger partial charge in [0.05, 0.1) is 18.7 Å². The molecule has 0 spiro atoms. The highest BCUT2D eigenvalue weighted by Gasteiger charge is 2.32. The molecule has 1 aromatic heterocycles. The molecule has 1 fully saturated rings. The molecule has 23 heavy (non-hydrogen) atoms. The summed E-state index contributed by atoms with van der Waals surface area (Å²) in [5, 5.41) is 12.3. The average Bonchev–Trinajstić information content (AvgIpc) is 2.60. The first-order chi connectivity index (χ1) is 11.2. The Morgan fingerprint density at radius 3 is 2.91 bits per heavy atom. The number of hydrogen-bond acceptors (Lipinski definition) is 4. The van der Waals surface area contributed by atoms with Gasteiger partial charge in [-0.2, -0.15) is 0 Å². The molecule has 5 nitrogen and oxygen atoms in total. The van der Waals surface area contributed by atoms with Crippen molar-refractivity contribution in [1.29, 1.82) is 0 Å². The Labute approximate surface area is 135 Å². The van der Waals surface area contributed by atoms with Crippen LogP contribution < -0.4 is 5.32 Å². The zero-order chi connectivity index (χ0) is 16.1. The fourth-order valence-electron chi connectivity index (χ4n) is 2.99. The molecule has 2 N–H and O–H groups in total. The quantitative estimate of drug-likeness (QED) is 0.908. The molecule has 0 aliphatic carbocycles. The van der Waals surface area contributed by atoms with E-state index >= 15 is 0 Å². The third kappa shape index (κ3) is 3.87. The Bertz CT molecular complexity index is 660. The van der Waals surface area contributed by atoms with Gasteiger partial charge in [0.2, 0.25) is 5.91 Å². The molecule has 0 unspecified atom stereocenters. The minimum Gasteiger partial charge on any atom is -0.506 e. The van der Waals surface area contributed by atoms with E-state index in [1.807, 2.05) is 18.2 Å². The lowest BCUT2D eigenvalue weighted by Gasteiger charge is -2.31. The zero-order valence-corrected chi connectivity index (χ0v) is 12.8. The smallest absolute Gasteiger partial charge is 0.226 e. The highest BCUT2D eigenvalue weighted by molar-refractivity contribution is 5.80. The normalized spacial score (nSPS) is 20.9. The number of nitrogens with one attached hydrogen (secondary N) is 1. The first-order valence-corrected chi connectivity index (χ1v) is 7.77. The van der Waals surface area contributed by atoms with Gasteiger partial charge in [-0.3, -0.25) is 9.78 Å². The van der Waals surface area contributed by atoms with E-state index in [1.165, 1.54) is 11.8 Å². The summed E-state index contributed by atoms with van der Waals surface area (Å²) in [5.41, 5.74) is 1.95. The van der Waals surface area contributed by atoms with Crippen molar-refractivity contribution in [2.45, 2.75) is 18.9 Å². The molecule has 1 aliphatic rings. The van der Waals surface area contributed by atoms with Crippen LogP contribution in [0.1, 0.15) is 23.5 Å². The number of benzene rings is 1. The summed E-state index contributed by atoms with van der Waals surface area (Å²) in [6, 6.07) is 11.7. The molecule has 1 amide bonds. The number of amides is 1. The van der Waals surface area contributed by atoms with Gasteiger partial charge in [-0.25, -0.2) is 0 Å². The molecule has 1 aliphatic heterocycles. The van der Waals surface area contributed by atoms with Crippen molar-refractivity contribution in [3.63, 3.8) is 0 Å². The van der Waals surface area contributed by atoms with Gasteiger partial charge in [0.15, 0.2) is 0 Å². The first kappa shape index (κ1) is 15.5. The second-order valence-electron chi connectivity index (χ2n) is 5.76. The van der Waals surface area contributed by atoms with Crippen LogP contribution in [-0.4, -0.2) is 29.2 Å². The van der Waals surface area contributed by atoms with Crippen LogP contribution in [0.2, 0.25) is 0 Å². The van der Waals surface area contributed by atoms with Gasteiger partial charge < -0.3 is 15.2 Å². The van der Waals surface area contributed by atoms with E-state index in [1.54, 1.807) is 12.3 Å². The van der Waals surface area contributed by atoms with Gasteiger partial charge in [-0.1, -0.05) is 30.3 Å². The Kier molecular flexibility index (Phi) is 4.88. The summed E-state index contributed by atoms with van der Waals surface area (Å²) in [4.78, 5) is 16.5. The summed E-state index contributed by atoms with van der Waals surface area (Å²) in [7, 11) is 0. The van der Waals surface area contributed by atoms with E-state index < -0.39 is 0 Å². The lowest BCUT2D eigenvalue weighted by molar-refractivity contribution is -0.130. The molecule has 2 atom stereocenters. The Hall–Kier alpha value is -2.40. The van der Waals surface area contributed by atoms with Crippen LogP contribution in [0.15, 0.2) is 48.8 Å². The second kappa shape index (κ2) is 7.24. The van der Waals surface area contributed by atoms with Gasteiger partial charge in [0, 0.05) is 19.3 Å². The third-order valence-electron chi connectivity index (χ3n) is 4.17. The van der Waals surface area contributed by atoms with Crippen LogP contribution in [0.25, 0.3) is 0 Å². The summed E-state index contributed by atoms with van der Waals surface area (Å²) < 4.78 is 5.51. The largest absolute Gasteiger partial charge is 0.506 e. The molecule has 3 rings (SSSR count). The second-order valence-corrected chi connectivity index (χ2v) is 5.76. The van der Waals surface area contributed by atoms with Crippen molar-refractivity contribution in [3.8, 4) is 5.75 Å². The number of hydrogen-bond donors (Lipinski definition) is 2. The predicted molar refractivity (Wildman–Crippen MR) is 85.9 cm³/mol. The number of carbonyl (C=O) groups is 1. The van der Waals surface area contributed by atoms with Crippen LogP contribution in [0, 0.1) is 5.92 Å². The van der Waals surface area contributed by atoms with Gasteiger partial charge in [-0.05, 0) is 29.5 Å². The van der Waals surface area contributed by atoms with Crippen LogP contribution in [0.3, 0.4) is 0 Å². The Morgan fingerprint density at radius 1 is 1.30 bits per heavy atom.